The molecule has 0 spiro atoms. The van der Waals surface area contributed by atoms with E-state index in [4.69, 9.17) is 9.84 Å². The van der Waals surface area contributed by atoms with Crippen molar-refractivity contribution in [3.8, 4) is 21.9 Å². The van der Waals surface area contributed by atoms with Crippen LogP contribution in [0.15, 0.2) is 65.0 Å². The number of carbonyl (C=O) groups excluding carboxylic acids is 3. The lowest BCUT2D eigenvalue weighted by atomic mass is 10.1. The molecule has 2 aromatic heterocycles. The van der Waals surface area contributed by atoms with E-state index >= 15 is 0 Å². The highest BCUT2D eigenvalue weighted by Crippen LogP contribution is 2.41. The second-order valence-electron chi connectivity index (χ2n) is 9.60. The average molecular weight is 604 g/mol. The highest BCUT2D eigenvalue weighted by Gasteiger charge is 2.19. The lowest BCUT2D eigenvalue weighted by Crippen LogP contribution is -2.26. The van der Waals surface area contributed by atoms with E-state index in [0.717, 1.165) is 45.1 Å². The van der Waals surface area contributed by atoms with Gasteiger partial charge in [0.05, 0.1) is 27.8 Å². The maximum atomic E-state index is 12.8. The molecule has 2 aromatic carbocycles. The molecular formula is C31H29N3O6S2. The van der Waals surface area contributed by atoms with Gasteiger partial charge < -0.3 is 25.6 Å². The first kappa shape index (κ1) is 29.2. The van der Waals surface area contributed by atoms with Gasteiger partial charge in [-0.2, -0.15) is 0 Å². The molecule has 9 nitrogen and oxygen atoms in total. The maximum absolute atomic E-state index is 12.8. The summed E-state index contributed by atoms with van der Waals surface area (Å²) in [6, 6.07) is 15.9. The number of aromatic hydroxyl groups is 1. The number of nitrogens with zero attached hydrogens (tertiary/aromatic N) is 1. The number of carbonyl (C=O) groups is 3. The minimum Gasteiger partial charge on any atom is -0.506 e. The molecule has 0 unspecified atom stereocenters. The van der Waals surface area contributed by atoms with Crippen LogP contribution in [0.5, 0.6) is 11.5 Å². The Morgan fingerprint density at radius 1 is 1.00 bits per heavy atom. The minimum atomic E-state index is -0.308. The first-order valence-electron chi connectivity index (χ1n) is 13.3. The summed E-state index contributed by atoms with van der Waals surface area (Å²) in [6.07, 6.45) is 0.846. The van der Waals surface area contributed by atoms with Gasteiger partial charge in [-0.25, -0.2) is 0 Å². The molecular weight excluding hydrogens is 574 g/mol. The van der Waals surface area contributed by atoms with Crippen LogP contribution in [-0.4, -0.2) is 59.8 Å². The molecule has 0 saturated heterocycles. The summed E-state index contributed by atoms with van der Waals surface area (Å²) in [4.78, 5) is 43.4. The number of thiophene rings is 2. The van der Waals surface area contributed by atoms with Crippen LogP contribution in [0.3, 0.4) is 0 Å². The van der Waals surface area contributed by atoms with Crippen molar-refractivity contribution in [2.75, 3.05) is 26.3 Å². The fourth-order valence-corrected chi connectivity index (χ4v) is 6.27. The van der Waals surface area contributed by atoms with E-state index < -0.39 is 0 Å². The Hall–Kier alpha value is -4.32. The number of nitrogens with one attached hydrogen (secondary N) is 2. The summed E-state index contributed by atoms with van der Waals surface area (Å²) in [6.45, 7) is 2.63. The zero-order valence-corrected chi connectivity index (χ0v) is 24.4. The highest BCUT2D eigenvalue weighted by molar-refractivity contribution is 7.16. The summed E-state index contributed by atoms with van der Waals surface area (Å²) in [5.41, 5.74) is 4.45. The molecule has 216 valence electrons. The number of Topliss-reactive ketones (excluding diaryl/α,β-unsaturated/α-hetero) is 1. The van der Waals surface area contributed by atoms with Crippen LogP contribution in [0.4, 0.5) is 0 Å². The van der Waals surface area contributed by atoms with Gasteiger partial charge in [-0.1, -0.05) is 12.1 Å². The van der Waals surface area contributed by atoms with Crippen molar-refractivity contribution in [1.82, 2.24) is 10.6 Å². The van der Waals surface area contributed by atoms with Crippen LogP contribution < -0.4 is 15.4 Å². The van der Waals surface area contributed by atoms with Gasteiger partial charge in [0, 0.05) is 41.7 Å². The summed E-state index contributed by atoms with van der Waals surface area (Å²) in [5, 5.41) is 27.0. The fraction of sp³-hybridized carbons (Fsp3) is 0.226. The number of hydrogen-bond donors (Lipinski definition) is 4. The number of aliphatic imine (C=N–C) groups is 1. The van der Waals surface area contributed by atoms with E-state index in [1.807, 2.05) is 23.6 Å². The molecule has 1 aliphatic heterocycles. The molecule has 5 rings (SSSR count). The molecule has 2 amide bonds. The van der Waals surface area contributed by atoms with Crippen LogP contribution in [0.25, 0.3) is 10.4 Å². The first-order valence-corrected chi connectivity index (χ1v) is 15.0. The van der Waals surface area contributed by atoms with Crippen molar-refractivity contribution in [2.45, 2.75) is 19.9 Å². The third-order valence-electron chi connectivity index (χ3n) is 6.74. The number of ether oxygens (including phenoxy) is 1. The number of rotatable bonds is 11. The predicted octanol–water partition coefficient (Wildman–Crippen LogP) is 4.46. The molecule has 4 aromatic rings. The van der Waals surface area contributed by atoms with Gasteiger partial charge >= 0.3 is 0 Å². The predicted molar refractivity (Wildman–Crippen MR) is 163 cm³/mol. The van der Waals surface area contributed by atoms with Gasteiger partial charge in [-0.3, -0.25) is 19.4 Å². The Kier molecular flexibility index (Phi) is 9.11. The number of aliphatic hydroxyl groups excluding tert-OH is 1. The van der Waals surface area contributed by atoms with E-state index in [9.17, 15) is 19.5 Å². The van der Waals surface area contributed by atoms with E-state index in [1.54, 1.807) is 43.3 Å². The van der Waals surface area contributed by atoms with Gasteiger partial charge in [0.1, 0.15) is 18.0 Å². The number of benzene rings is 2. The highest BCUT2D eigenvalue weighted by atomic mass is 32.1. The largest absolute Gasteiger partial charge is 0.506 e. The monoisotopic (exact) mass is 603 g/mol. The third kappa shape index (κ3) is 6.59. The molecule has 0 aliphatic carbocycles. The van der Waals surface area contributed by atoms with Crippen LogP contribution in [0.1, 0.15) is 53.3 Å². The number of fused-ring (bicyclic) bond motifs is 1. The minimum absolute atomic E-state index is 0.105. The van der Waals surface area contributed by atoms with Crippen LogP contribution in [0, 0.1) is 0 Å². The van der Waals surface area contributed by atoms with Crippen molar-refractivity contribution in [3.05, 3.63) is 92.0 Å². The third-order valence-corrected chi connectivity index (χ3v) is 8.88. The molecule has 4 N–H and O–H groups in total. The van der Waals surface area contributed by atoms with Crippen LogP contribution in [0.2, 0.25) is 0 Å². The van der Waals surface area contributed by atoms with Crippen molar-refractivity contribution in [3.63, 3.8) is 0 Å². The Labute approximate surface area is 250 Å². The fourth-order valence-electron chi connectivity index (χ4n) is 4.42. The number of aliphatic hydroxyl groups is 1. The zero-order chi connectivity index (χ0) is 29.6. The SMILES string of the molecule is CC(=NCC(=O)c1ccc(C(=O)NCc2ccc(C(=O)NCCO)cc2)s1)c1csc(-c2ccc3c(c2)CCO3)c1O. The zero-order valence-electron chi connectivity index (χ0n) is 22.8. The second kappa shape index (κ2) is 13.1. The number of hydrogen-bond acceptors (Lipinski definition) is 9. The summed E-state index contributed by atoms with van der Waals surface area (Å²) < 4.78 is 5.57. The summed E-state index contributed by atoms with van der Waals surface area (Å²) in [7, 11) is 0. The summed E-state index contributed by atoms with van der Waals surface area (Å²) >= 11 is 2.52. The van der Waals surface area contributed by atoms with E-state index in [0.29, 0.717) is 33.2 Å². The molecule has 11 heteroatoms. The van der Waals surface area contributed by atoms with Crippen molar-refractivity contribution >= 4 is 46.0 Å². The summed E-state index contributed by atoms with van der Waals surface area (Å²) in [5.74, 6) is 0.215. The topological polar surface area (TPSA) is 137 Å². The molecule has 0 radical (unpaired) electrons. The van der Waals surface area contributed by atoms with Crippen molar-refractivity contribution in [1.29, 1.82) is 0 Å². The van der Waals surface area contributed by atoms with Crippen molar-refractivity contribution < 1.29 is 29.3 Å². The molecule has 0 bridgehead atoms. The van der Waals surface area contributed by atoms with Gasteiger partial charge in [-0.15, -0.1) is 22.7 Å². The first-order chi connectivity index (χ1) is 20.3. The van der Waals surface area contributed by atoms with Crippen molar-refractivity contribution in [2.24, 2.45) is 4.99 Å². The lowest BCUT2D eigenvalue weighted by molar-refractivity contribution is 0.0939. The lowest BCUT2D eigenvalue weighted by Gasteiger charge is -2.06. The van der Waals surface area contributed by atoms with Gasteiger partial charge in [0.15, 0.2) is 5.78 Å². The second-order valence-corrected chi connectivity index (χ2v) is 11.6. The maximum Gasteiger partial charge on any atom is 0.261 e. The smallest absolute Gasteiger partial charge is 0.261 e. The standard InChI is InChI=1S/C31H29N3O6S2/c1-18(23-17-41-29(28(23)37)22-6-7-25-21(14-22)10-13-40-25)33-16-24(36)26-8-9-27(42-26)31(39)34-15-19-2-4-20(5-3-19)30(38)32-11-12-35/h2-9,14,17,35,37H,10-13,15-16H2,1H3,(H,32,38)(H,34,39). The Bertz CT molecular complexity index is 1660. The quantitative estimate of drug-likeness (QED) is 0.148. The Morgan fingerprint density at radius 2 is 1.79 bits per heavy atom. The molecule has 1 aliphatic rings. The molecule has 42 heavy (non-hydrogen) atoms. The molecule has 0 saturated carbocycles. The van der Waals surface area contributed by atoms with E-state index in [-0.39, 0.29) is 49.6 Å². The number of amides is 2. The molecule has 0 fully saturated rings. The Morgan fingerprint density at radius 3 is 2.57 bits per heavy atom. The molecule has 3 heterocycles. The normalized spacial score (nSPS) is 12.5. The van der Waals surface area contributed by atoms with Gasteiger partial charge in [0.25, 0.3) is 11.8 Å². The molecule has 0 atom stereocenters. The van der Waals surface area contributed by atoms with E-state index in [1.165, 1.54) is 11.3 Å². The number of ketones is 1. The van der Waals surface area contributed by atoms with E-state index in [2.05, 4.69) is 15.6 Å². The van der Waals surface area contributed by atoms with Crippen LogP contribution in [-0.2, 0) is 13.0 Å². The Balaban J connectivity index is 1.16. The average Bonchev–Trinajstić information content (AvgIpc) is 3.77. The van der Waals surface area contributed by atoms with Gasteiger partial charge in [0.2, 0.25) is 0 Å². The van der Waals surface area contributed by atoms with Gasteiger partial charge in [-0.05, 0) is 66.1 Å². The van der Waals surface area contributed by atoms with Crippen LogP contribution >= 0.6 is 22.7 Å².